The third kappa shape index (κ3) is 6.70. The van der Waals surface area contributed by atoms with Crippen LogP contribution < -0.4 is 9.64 Å². The summed E-state index contributed by atoms with van der Waals surface area (Å²) >= 11 is 0. The van der Waals surface area contributed by atoms with E-state index in [1.807, 2.05) is 35.2 Å². The van der Waals surface area contributed by atoms with Gasteiger partial charge in [-0.25, -0.2) is 0 Å². The molecule has 5 rings (SSSR count). The number of carbonyl (C=O) groups excluding carboxylic acids is 1. The lowest BCUT2D eigenvalue weighted by Crippen LogP contribution is -2.51. The molecule has 0 radical (unpaired) electrons. The molecule has 1 atom stereocenters. The Morgan fingerprint density at radius 1 is 0.917 bits per heavy atom. The van der Waals surface area contributed by atoms with Crippen molar-refractivity contribution in [1.29, 1.82) is 0 Å². The summed E-state index contributed by atoms with van der Waals surface area (Å²) in [6, 6.07) is 10.3. The first kappa shape index (κ1) is 24.9. The zero-order chi connectivity index (χ0) is 24.6. The largest absolute Gasteiger partial charge is 0.466 e. The molecule has 194 valence electrons. The fourth-order valence-corrected chi connectivity index (χ4v) is 5.54. The van der Waals surface area contributed by atoms with E-state index < -0.39 is 0 Å². The number of amides is 1. The summed E-state index contributed by atoms with van der Waals surface area (Å²) in [6.07, 6.45) is 10.5. The Bertz CT molecular complexity index is 946. The third-order valence-electron chi connectivity index (χ3n) is 7.62. The first-order chi connectivity index (χ1) is 17.7. The highest BCUT2D eigenvalue weighted by molar-refractivity contribution is 5.77. The Morgan fingerprint density at radius 3 is 2.53 bits per heavy atom. The van der Waals surface area contributed by atoms with Crippen LogP contribution in [0, 0.1) is 0 Å². The molecule has 1 aliphatic carbocycles. The Kier molecular flexibility index (Phi) is 8.61. The van der Waals surface area contributed by atoms with Crippen LogP contribution >= 0.6 is 0 Å². The standard InChI is InChI=1S/C27H38N6O3/c34-27(33-14-6-10-24(19-33)35-20-22-7-4-5-13-28-22)21-36-26-12-11-25(29-30-26)32-17-15-31(16-18-32)23-8-2-1-3-9-23/h4-5,7,11-13,23-24H,1-3,6,8-10,14-21H2/t24-/m0/s1. The van der Waals surface area contributed by atoms with Crippen LogP contribution in [0.3, 0.4) is 0 Å². The van der Waals surface area contributed by atoms with Crippen molar-refractivity contribution in [2.24, 2.45) is 0 Å². The quantitative estimate of drug-likeness (QED) is 0.554. The molecule has 9 heteroatoms. The monoisotopic (exact) mass is 494 g/mol. The molecular weight excluding hydrogens is 456 g/mol. The molecule has 3 fully saturated rings. The van der Waals surface area contributed by atoms with Crippen LogP contribution in [-0.4, -0.2) is 88.9 Å². The molecule has 2 aliphatic heterocycles. The van der Waals surface area contributed by atoms with E-state index in [2.05, 4.69) is 25.0 Å². The number of hydrogen-bond donors (Lipinski definition) is 0. The van der Waals surface area contributed by atoms with Crippen LogP contribution in [0.5, 0.6) is 5.88 Å². The van der Waals surface area contributed by atoms with Crippen molar-refractivity contribution >= 4 is 11.7 Å². The molecule has 2 saturated heterocycles. The number of aromatic nitrogens is 3. The first-order valence-electron chi connectivity index (χ1n) is 13.5. The van der Waals surface area contributed by atoms with E-state index in [1.165, 1.54) is 32.1 Å². The second-order valence-corrected chi connectivity index (χ2v) is 10.1. The molecule has 0 unspecified atom stereocenters. The summed E-state index contributed by atoms with van der Waals surface area (Å²) in [5.41, 5.74) is 0.900. The Balaban J connectivity index is 1.04. The van der Waals surface area contributed by atoms with Crippen molar-refractivity contribution in [3.63, 3.8) is 0 Å². The van der Waals surface area contributed by atoms with Crippen LogP contribution in [0.2, 0.25) is 0 Å². The van der Waals surface area contributed by atoms with Crippen molar-refractivity contribution in [1.82, 2.24) is 25.0 Å². The van der Waals surface area contributed by atoms with Gasteiger partial charge in [0, 0.05) is 57.6 Å². The molecule has 0 bridgehead atoms. The zero-order valence-corrected chi connectivity index (χ0v) is 21.1. The fourth-order valence-electron chi connectivity index (χ4n) is 5.54. The number of likely N-dealkylation sites (tertiary alicyclic amines) is 1. The maximum absolute atomic E-state index is 12.7. The first-order valence-corrected chi connectivity index (χ1v) is 13.5. The molecule has 0 spiro atoms. The molecule has 2 aromatic rings. The lowest BCUT2D eigenvalue weighted by Gasteiger charge is -2.41. The Morgan fingerprint density at radius 2 is 1.78 bits per heavy atom. The van der Waals surface area contributed by atoms with Crippen molar-refractivity contribution < 1.29 is 14.3 Å². The lowest BCUT2D eigenvalue weighted by atomic mass is 9.94. The summed E-state index contributed by atoms with van der Waals surface area (Å²) in [5, 5.41) is 8.61. The van der Waals surface area contributed by atoms with Crippen LogP contribution in [0.15, 0.2) is 36.5 Å². The second kappa shape index (κ2) is 12.5. The summed E-state index contributed by atoms with van der Waals surface area (Å²) in [6.45, 7) is 5.84. The van der Waals surface area contributed by atoms with Gasteiger partial charge in [0.05, 0.1) is 18.4 Å². The van der Waals surface area contributed by atoms with Crippen molar-refractivity contribution in [2.75, 3.05) is 50.8 Å². The van der Waals surface area contributed by atoms with Crippen LogP contribution in [0.25, 0.3) is 0 Å². The number of hydrogen-bond acceptors (Lipinski definition) is 8. The minimum Gasteiger partial charge on any atom is -0.466 e. The predicted molar refractivity (Wildman–Crippen MR) is 137 cm³/mol. The molecule has 1 saturated carbocycles. The highest BCUT2D eigenvalue weighted by Crippen LogP contribution is 2.24. The lowest BCUT2D eigenvalue weighted by molar-refractivity contribution is -0.137. The highest BCUT2D eigenvalue weighted by atomic mass is 16.5. The maximum Gasteiger partial charge on any atom is 0.260 e. The molecule has 0 N–H and O–H groups in total. The number of pyridine rings is 1. The number of piperazine rings is 1. The Labute approximate surface area is 213 Å². The summed E-state index contributed by atoms with van der Waals surface area (Å²) in [5.74, 6) is 1.21. The third-order valence-corrected chi connectivity index (χ3v) is 7.62. The topological polar surface area (TPSA) is 83.9 Å². The average molecular weight is 495 g/mol. The average Bonchev–Trinajstić information content (AvgIpc) is 2.96. The molecule has 9 nitrogen and oxygen atoms in total. The summed E-state index contributed by atoms with van der Waals surface area (Å²) < 4.78 is 11.7. The highest BCUT2D eigenvalue weighted by Gasteiger charge is 2.26. The maximum atomic E-state index is 12.7. The molecule has 0 aromatic carbocycles. The van der Waals surface area contributed by atoms with Crippen molar-refractivity contribution in [2.45, 2.75) is 63.7 Å². The van der Waals surface area contributed by atoms with Gasteiger partial charge in [-0.3, -0.25) is 14.7 Å². The number of carbonyl (C=O) groups is 1. The van der Waals surface area contributed by atoms with Crippen LogP contribution in [-0.2, 0) is 16.1 Å². The number of rotatable bonds is 8. The number of nitrogens with zero attached hydrogens (tertiary/aromatic N) is 6. The van der Waals surface area contributed by atoms with Gasteiger partial charge in [-0.1, -0.05) is 25.3 Å². The van der Waals surface area contributed by atoms with Gasteiger partial charge in [0.1, 0.15) is 0 Å². The molecule has 4 heterocycles. The van der Waals surface area contributed by atoms with Gasteiger partial charge in [-0.15, -0.1) is 10.2 Å². The molecular formula is C27H38N6O3. The zero-order valence-electron chi connectivity index (χ0n) is 21.1. The second-order valence-electron chi connectivity index (χ2n) is 10.1. The van der Waals surface area contributed by atoms with E-state index in [4.69, 9.17) is 9.47 Å². The molecule has 2 aromatic heterocycles. The SMILES string of the molecule is O=C(COc1ccc(N2CCN(C3CCCCC3)CC2)nn1)N1CCC[C@H](OCc2ccccn2)C1. The van der Waals surface area contributed by atoms with Gasteiger partial charge in [0.25, 0.3) is 5.91 Å². The van der Waals surface area contributed by atoms with E-state index in [0.717, 1.165) is 63.1 Å². The normalized spacial score (nSPS) is 21.9. The van der Waals surface area contributed by atoms with Crippen LogP contribution in [0.4, 0.5) is 5.82 Å². The van der Waals surface area contributed by atoms with Gasteiger partial charge in [-0.05, 0) is 43.9 Å². The molecule has 1 amide bonds. The Hall–Kier alpha value is -2.78. The van der Waals surface area contributed by atoms with Gasteiger partial charge >= 0.3 is 0 Å². The smallest absolute Gasteiger partial charge is 0.260 e. The van der Waals surface area contributed by atoms with E-state index in [0.29, 0.717) is 19.0 Å². The van der Waals surface area contributed by atoms with E-state index in [1.54, 1.807) is 6.20 Å². The van der Waals surface area contributed by atoms with Crippen LogP contribution in [0.1, 0.15) is 50.6 Å². The predicted octanol–water partition coefficient (Wildman–Crippen LogP) is 2.91. The minimum atomic E-state index is -0.0501. The van der Waals surface area contributed by atoms with Crippen molar-refractivity contribution in [3.05, 3.63) is 42.2 Å². The van der Waals surface area contributed by atoms with Gasteiger partial charge in [0.2, 0.25) is 5.88 Å². The van der Waals surface area contributed by atoms with Gasteiger partial charge in [-0.2, -0.15) is 0 Å². The molecule has 3 aliphatic rings. The minimum absolute atomic E-state index is 0.0161. The van der Waals surface area contributed by atoms with E-state index >= 15 is 0 Å². The van der Waals surface area contributed by atoms with E-state index in [9.17, 15) is 4.79 Å². The summed E-state index contributed by atoms with van der Waals surface area (Å²) in [7, 11) is 0. The van der Waals surface area contributed by atoms with Crippen molar-refractivity contribution in [3.8, 4) is 5.88 Å². The number of anilines is 1. The summed E-state index contributed by atoms with van der Waals surface area (Å²) in [4.78, 5) is 23.8. The molecule has 36 heavy (non-hydrogen) atoms. The van der Waals surface area contributed by atoms with E-state index in [-0.39, 0.29) is 18.6 Å². The van der Waals surface area contributed by atoms with Gasteiger partial charge < -0.3 is 19.3 Å². The number of ether oxygens (including phenoxy) is 2. The fraction of sp³-hybridized carbons (Fsp3) is 0.630. The number of piperidine rings is 1. The van der Waals surface area contributed by atoms with Gasteiger partial charge in [0.15, 0.2) is 12.4 Å².